The summed E-state index contributed by atoms with van der Waals surface area (Å²) in [4.78, 5) is 37.8. The smallest absolute Gasteiger partial charge is 0.329 e. The maximum Gasteiger partial charge on any atom is 0.329 e. The Morgan fingerprint density at radius 3 is 2.33 bits per heavy atom. The van der Waals surface area contributed by atoms with Gasteiger partial charge in [-0.3, -0.25) is 20.0 Å². The predicted molar refractivity (Wildman–Crippen MR) is 138 cm³/mol. The van der Waals surface area contributed by atoms with E-state index in [2.05, 4.69) is 26.1 Å². The summed E-state index contributed by atoms with van der Waals surface area (Å²) in [7, 11) is -4.22. The molecule has 11 nitrogen and oxygen atoms in total. The second kappa shape index (κ2) is 12.1. The van der Waals surface area contributed by atoms with Crippen molar-refractivity contribution in [2.75, 3.05) is 5.32 Å². The van der Waals surface area contributed by atoms with E-state index in [9.17, 15) is 22.8 Å². The molecule has 0 aliphatic rings. The number of halogens is 1. The lowest BCUT2D eigenvalue weighted by Gasteiger charge is -2.21. The first-order valence-electron chi connectivity index (χ1n) is 10.3. The third-order valence-electron chi connectivity index (χ3n) is 4.68. The lowest BCUT2D eigenvalue weighted by atomic mass is 10.1. The van der Waals surface area contributed by atoms with E-state index in [1.165, 1.54) is 31.2 Å². The fraction of sp³-hybridized carbons (Fsp3) is 0.190. The SMILES string of the molecule is CC(NC(=O)C(Cc1ccccc1)NC(=O)NS(=O)(=O)c1ccc(Cl)cc1)C(=O)Nc1n[nH]c(=S)s1. The number of H-pyrrole nitrogens is 1. The van der Waals surface area contributed by atoms with E-state index in [0.717, 1.165) is 11.3 Å². The molecule has 36 heavy (non-hydrogen) atoms. The fourth-order valence-corrected chi connectivity index (χ4v) is 4.75. The van der Waals surface area contributed by atoms with Crippen LogP contribution in [0.3, 0.4) is 0 Å². The minimum Gasteiger partial charge on any atom is -0.343 e. The van der Waals surface area contributed by atoms with Gasteiger partial charge in [-0.05, 0) is 49.0 Å². The van der Waals surface area contributed by atoms with Crippen molar-refractivity contribution in [2.24, 2.45) is 0 Å². The van der Waals surface area contributed by atoms with Gasteiger partial charge in [0.15, 0.2) is 3.95 Å². The second-order valence-corrected chi connectivity index (χ2v) is 11.2. The largest absolute Gasteiger partial charge is 0.343 e. The van der Waals surface area contributed by atoms with Crippen LogP contribution in [0.5, 0.6) is 0 Å². The summed E-state index contributed by atoms with van der Waals surface area (Å²) >= 11 is 11.7. The number of aromatic nitrogens is 2. The van der Waals surface area contributed by atoms with Crippen LogP contribution in [0.25, 0.3) is 0 Å². The number of hydrogen-bond acceptors (Lipinski definition) is 8. The van der Waals surface area contributed by atoms with Crippen LogP contribution in [-0.4, -0.2) is 48.5 Å². The van der Waals surface area contributed by atoms with Gasteiger partial charge in [-0.1, -0.05) is 53.3 Å². The monoisotopic (exact) mass is 568 g/mol. The number of amides is 4. The zero-order valence-electron chi connectivity index (χ0n) is 18.6. The Kier molecular flexibility index (Phi) is 9.14. The second-order valence-electron chi connectivity index (χ2n) is 7.41. The number of carbonyl (C=O) groups is 3. The van der Waals surface area contributed by atoms with Crippen molar-refractivity contribution in [2.45, 2.75) is 30.3 Å². The first kappa shape index (κ1) is 27.3. The topological polar surface area (TPSA) is 162 Å². The molecule has 0 radical (unpaired) electrons. The molecule has 3 aromatic rings. The van der Waals surface area contributed by atoms with E-state index >= 15 is 0 Å². The molecule has 4 amide bonds. The normalized spacial score (nSPS) is 12.7. The summed E-state index contributed by atoms with van der Waals surface area (Å²) in [6.45, 7) is 1.45. The number of carbonyl (C=O) groups excluding carboxylic acids is 3. The van der Waals surface area contributed by atoms with Gasteiger partial charge < -0.3 is 10.6 Å². The number of nitrogens with zero attached hydrogens (tertiary/aromatic N) is 1. The van der Waals surface area contributed by atoms with Crippen molar-refractivity contribution in [1.82, 2.24) is 25.6 Å². The highest BCUT2D eigenvalue weighted by molar-refractivity contribution is 7.90. The van der Waals surface area contributed by atoms with Gasteiger partial charge in [-0.15, -0.1) is 5.10 Å². The Hall–Kier alpha value is -3.33. The number of anilines is 1. The van der Waals surface area contributed by atoms with Crippen molar-refractivity contribution < 1.29 is 22.8 Å². The summed E-state index contributed by atoms with van der Waals surface area (Å²) in [5.41, 5.74) is 0.701. The molecule has 3 rings (SSSR count). The average Bonchev–Trinajstić information content (AvgIpc) is 3.23. The molecule has 0 saturated carbocycles. The molecule has 5 N–H and O–H groups in total. The highest BCUT2D eigenvalue weighted by atomic mass is 35.5. The van der Waals surface area contributed by atoms with Crippen LogP contribution in [0.4, 0.5) is 9.93 Å². The number of urea groups is 1. The average molecular weight is 569 g/mol. The Balaban J connectivity index is 1.70. The van der Waals surface area contributed by atoms with E-state index in [1.807, 2.05) is 4.72 Å². The number of aromatic amines is 1. The number of sulfonamides is 1. The number of benzene rings is 2. The summed E-state index contributed by atoms with van der Waals surface area (Å²) in [6.07, 6.45) is 0.0379. The zero-order valence-corrected chi connectivity index (χ0v) is 21.9. The molecule has 1 aromatic heterocycles. The molecule has 0 aliphatic heterocycles. The molecular formula is C21H21ClN6O5S3. The van der Waals surface area contributed by atoms with Crippen molar-refractivity contribution in [3.05, 3.63) is 69.1 Å². The van der Waals surface area contributed by atoms with Crippen molar-refractivity contribution in [1.29, 1.82) is 0 Å². The minimum absolute atomic E-state index is 0.0379. The summed E-state index contributed by atoms with van der Waals surface area (Å²) in [5.74, 6) is -1.26. The lowest BCUT2D eigenvalue weighted by molar-refractivity contribution is -0.127. The minimum atomic E-state index is -4.22. The highest BCUT2D eigenvalue weighted by Crippen LogP contribution is 2.14. The van der Waals surface area contributed by atoms with Gasteiger partial charge in [0.05, 0.1) is 4.90 Å². The molecule has 0 fully saturated rings. The Morgan fingerprint density at radius 2 is 1.72 bits per heavy atom. The first-order chi connectivity index (χ1) is 17.0. The van der Waals surface area contributed by atoms with Crippen molar-refractivity contribution >= 4 is 68.2 Å². The summed E-state index contributed by atoms with van der Waals surface area (Å²) in [5, 5.41) is 14.3. The Bertz CT molecular complexity index is 1390. The van der Waals surface area contributed by atoms with Crippen LogP contribution < -0.4 is 20.7 Å². The van der Waals surface area contributed by atoms with Gasteiger partial charge >= 0.3 is 6.03 Å². The molecule has 2 atom stereocenters. The van der Waals surface area contributed by atoms with Gasteiger partial charge in [0, 0.05) is 11.4 Å². The van der Waals surface area contributed by atoms with Gasteiger partial charge in [0.25, 0.3) is 10.0 Å². The van der Waals surface area contributed by atoms with Crippen LogP contribution in [0.1, 0.15) is 12.5 Å². The molecule has 0 saturated heterocycles. The first-order valence-corrected chi connectivity index (χ1v) is 13.4. The van der Waals surface area contributed by atoms with Crippen LogP contribution >= 0.6 is 35.2 Å². The molecule has 2 unspecified atom stereocenters. The van der Waals surface area contributed by atoms with Gasteiger partial charge in [0.2, 0.25) is 16.9 Å². The molecule has 0 aliphatic carbocycles. The Labute approximate surface area is 220 Å². The standard InChI is InChI=1S/C21H21ClN6O5S3/c1-12(17(29)25-20-26-27-21(34)35-20)23-18(30)16(11-13-5-3-2-4-6-13)24-19(31)28-36(32,33)15-9-7-14(22)8-10-15/h2-10,12,16H,11H2,1H3,(H,23,30)(H,27,34)(H2,24,28,31)(H,25,26,29). The maximum atomic E-state index is 13.0. The van der Waals surface area contributed by atoms with E-state index in [1.54, 1.807) is 30.3 Å². The third-order valence-corrected chi connectivity index (χ3v) is 7.28. The summed E-state index contributed by atoms with van der Waals surface area (Å²) < 4.78 is 27.3. The molecular weight excluding hydrogens is 548 g/mol. The predicted octanol–water partition coefficient (Wildman–Crippen LogP) is 2.60. The third kappa shape index (κ3) is 7.84. The Morgan fingerprint density at radius 1 is 1.06 bits per heavy atom. The molecule has 0 bridgehead atoms. The molecule has 2 aromatic carbocycles. The van der Waals surface area contributed by atoms with Crippen LogP contribution in [-0.2, 0) is 26.0 Å². The number of rotatable bonds is 9. The van der Waals surface area contributed by atoms with Crippen LogP contribution in [0, 0.1) is 3.95 Å². The molecule has 0 spiro atoms. The van der Waals surface area contributed by atoms with Gasteiger partial charge in [-0.2, -0.15) is 0 Å². The highest BCUT2D eigenvalue weighted by Gasteiger charge is 2.27. The van der Waals surface area contributed by atoms with E-state index in [-0.39, 0.29) is 16.4 Å². The maximum absolute atomic E-state index is 13.0. The van der Waals surface area contributed by atoms with Crippen molar-refractivity contribution in [3.8, 4) is 0 Å². The number of nitrogens with one attached hydrogen (secondary N) is 5. The van der Waals surface area contributed by atoms with Crippen LogP contribution in [0.15, 0.2) is 59.5 Å². The molecule has 190 valence electrons. The molecule has 1 heterocycles. The lowest BCUT2D eigenvalue weighted by Crippen LogP contribution is -2.54. The van der Waals surface area contributed by atoms with E-state index in [4.69, 9.17) is 23.8 Å². The van der Waals surface area contributed by atoms with Gasteiger partial charge in [0.1, 0.15) is 12.1 Å². The van der Waals surface area contributed by atoms with Gasteiger partial charge in [-0.25, -0.2) is 17.9 Å². The zero-order chi connectivity index (χ0) is 26.3. The number of hydrogen-bond donors (Lipinski definition) is 5. The van der Waals surface area contributed by atoms with E-state index < -0.39 is 40.0 Å². The van der Waals surface area contributed by atoms with Crippen molar-refractivity contribution in [3.63, 3.8) is 0 Å². The molecule has 15 heteroatoms. The summed E-state index contributed by atoms with van der Waals surface area (Å²) in [6, 6.07) is 10.7. The fourth-order valence-electron chi connectivity index (χ4n) is 2.92. The van der Waals surface area contributed by atoms with E-state index in [0.29, 0.717) is 14.5 Å². The van der Waals surface area contributed by atoms with Crippen LogP contribution in [0.2, 0.25) is 5.02 Å². The quantitative estimate of drug-likeness (QED) is 0.248.